The highest BCUT2D eigenvalue weighted by atomic mass is 16.3. The Labute approximate surface area is 86.3 Å². The molecule has 0 fully saturated rings. The lowest BCUT2D eigenvalue weighted by Crippen LogP contribution is -2.09. The van der Waals surface area contributed by atoms with Gasteiger partial charge < -0.3 is 4.42 Å². The minimum absolute atomic E-state index is 0.0726. The second-order valence-corrected chi connectivity index (χ2v) is 3.28. The molecule has 0 amide bonds. The fraction of sp³-hybridized carbons (Fsp3) is 0.167. The van der Waals surface area contributed by atoms with Crippen molar-refractivity contribution in [3.05, 3.63) is 45.8 Å². The fourth-order valence-corrected chi connectivity index (χ4v) is 1.63. The number of aryl methyl sites for hydroxylation is 1. The molecule has 0 saturated carbocycles. The van der Waals surface area contributed by atoms with Gasteiger partial charge in [0.1, 0.15) is 11.8 Å². The summed E-state index contributed by atoms with van der Waals surface area (Å²) in [6, 6.07) is 5.43. The lowest BCUT2D eigenvalue weighted by atomic mass is 10.1. The van der Waals surface area contributed by atoms with Gasteiger partial charge in [-0.05, 0) is 18.1 Å². The molecule has 3 nitrogen and oxygen atoms in total. The summed E-state index contributed by atoms with van der Waals surface area (Å²) in [5.74, 6) is 0. The SMILES string of the molecule is CCc1cccc2occ(C=O)c(=O)c12. The van der Waals surface area contributed by atoms with Gasteiger partial charge in [-0.3, -0.25) is 9.59 Å². The predicted molar refractivity (Wildman–Crippen MR) is 57.2 cm³/mol. The van der Waals surface area contributed by atoms with E-state index in [1.165, 1.54) is 6.26 Å². The summed E-state index contributed by atoms with van der Waals surface area (Å²) in [6.45, 7) is 1.96. The first kappa shape index (κ1) is 9.65. The van der Waals surface area contributed by atoms with Crippen molar-refractivity contribution in [2.45, 2.75) is 13.3 Å². The van der Waals surface area contributed by atoms with Crippen LogP contribution in [0.5, 0.6) is 0 Å². The van der Waals surface area contributed by atoms with Crippen LogP contribution in [0.25, 0.3) is 11.0 Å². The quantitative estimate of drug-likeness (QED) is 0.701. The Morgan fingerprint density at radius 2 is 2.20 bits per heavy atom. The summed E-state index contributed by atoms with van der Waals surface area (Å²) in [7, 11) is 0. The molecule has 1 aromatic carbocycles. The van der Waals surface area contributed by atoms with Crippen molar-refractivity contribution >= 4 is 17.3 Å². The molecule has 0 bridgehead atoms. The van der Waals surface area contributed by atoms with E-state index in [1.807, 2.05) is 19.1 Å². The van der Waals surface area contributed by atoms with Crippen molar-refractivity contribution in [3.8, 4) is 0 Å². The maximum atomic E-state index is 11.8. The summed E-state index contributed by atoms with van der Waals surface area (Å²) in [4.78, 5) is 22.5. The molecule has 0 spiro atoms. The monoisotopic (exact) mass is 202 g/mol. The van der Waals surface area contributed by atoms with Crippen molar-refractivity contribution in [2.75, 3.05) is 0 Å². The van der Waals surface area contributed by atoms with Gasteiger partial charge in [-0.2, -0.15) is 0 Å². The summed E-state index contributed by atoms with van der Waals surface area (Å²) in [5.41, 5.74) is 1.27. The van der Waals surface area contributed by atoms with Gasteiger partial charge >= 0.3 is 0 Å². The third kappa shape index (κ3) is 1.46. The van der Waals surface area contributed by atoms with Crippen LogP contribution in [0.4, 0.5) is 0 Å². The Balaban J connectivity index is 2.95. The molecular weight excluding hydrogens is 192 g/mol. The lowest BCUT2D eigenvalue weighted by molar-refractivity contribution is 0.112. The number of hydrogen-bond acceptors (Lipinski definition) is 3. The van der Waals surface area contributed by atoms with Crippen molar-refractivity contribution in [1.82, 2.24) is 0 Å². The molecule has 0 aliphatic heterocycles. The summed E-state index contributed by atoms with van der Waals surface area (Å²) < 4.78 is 5.23. The Hall–Kier alpha value is -1.90. The van der Waals surface area contributed by atoms with E-state index in [-0.39, 0.29) is 11.0 Å². The fourth-order valence-electron chi connectivity index (χ4n) is 1.63. The molecule has 2 rings (SSSR count). The zero-order chi connectivity index (χ0) is 10.8. The van der Waals surface area contributed by atoms with Crippen LogP contribution >= 0.6 is 0 Å². The first-order valence-electron chi connectivity index (χ1n) is 4.76. The van der Waals surface area contributed by atoms with Crippen LogP contribution in [0.1, 0.15) is 22.8 Å². The molecule has 0 aliphatic carbocycles. The molecule has 0 unspecified atom stereocenters. The van der Waals surface area contributed by atoms with Gasteiger partial charge in [0.15, 0.2) is 6.29 Å². The Bertz CT molecular complexity index is 567. The van der Waals surface area contributed by atoms with Gasteiger partial charge in [0, 0.05) is 0 Å². The standard InChI is InChI=1S/C12H10O3/c1-2-8-4-3-5-10-11(8)12(14)9(6-13)7-15-10/h3-7H,2H2,1H3. The Morgan fingerprint density at radius 3 is 2.87 bits per heavy atom. The third-order valence-corrected chi connectivity index (χ3v) is 2.42. The largest absolute Gasteiger partial charge is 0.463 e. The van der Waals surface area contributed by atoms with E-state index >= 15 is 0 Å². The maximum absolute atomic E-state index is 11.8. The van der Waals surface area contributed by atoms with Crippen molar-refractivity contribution in [1.29, 1.82) is 0 Å². The number of benzene rings is 1. The van der Waals surface area contributed by atoms with Crippen molar-refractivity contribution < 1.29 is 9.21 Å². The summed E-state index contributed by atoms with van der Waals surface area (Å²) >= 11 is 0. The first-order valence-corrected chi connectivity index (χ1v) is 4.76. The predicted octanol–water partition coefficient (Wildman–Crippen LogP) is 2.17. The van der Waals surface area contributed by atoms with Crippen LogP contribution in [0.2, 0.25) is 0 Å². The smallest absolute Gasteiger partial charge is 0.203 e. The molecule has 3 heteroatoms. The minimum Gasteiger partial charge on any atom is -0.463 e. The highest BCUT2D eigenvalue weighted by molar-refractivity contribution is 5.86. The van der Waals surface area contributed by atoms with Crippen molar-refractivity contribution in [3.63, 3.8) is 0 Å². The van der Waals surface area contributed by atoms with Crippen molar-refractivity contribution in [2.24, 2.45) is 0 Å². The van der Waals surface area contributed by atoms with E-state index in [4.69, 9.17) is 4.42 Å². The van der Waals surface area contributed by atoms with Crippen LogP contribution in [-0.4, -0.2) is 6.29 Å². The average molecular weight is 202 g/mol. The Kier molecular flexibility index (Phi) is 2.37. The van der Waals surface area contributed by atoms with E-state index in [0.717, 1.165) is 12.0 Å². The van der Waals surface area contributed by atoms with E-state index in [0.29, 0.717) is 17.3 Å². The molecule has 2 aromatic rings. The number of fused-ring (bicyclic) bond motifs is 1. The highest BCUT2D eigenvalue weighted by Gasteiger charge is 2.08. The summed E-state index contributed by atoms with van der Waals surface area (Å²) in [5, 5.41) is 0.518. The topological polar surface area (TPSA) is 47.3 Å². The van der Waals surface area contributed by atoms with Gasteiger partial charge in [-0.25, -0.2) is 0 Å². The minimum atomic E-state index is -0.247. The Morgan fingerprint density at radius 1 is 1.40 bits per heavy atom. The molecule has 0 aliphatic rings. The van der Waals surface area contributed by atoms with Gasteiger partial charge in [0.25, 0.3) is 0 Å². The van der Waals surface area contributed by atoms with Gasteiger partial charge in [-0.1, -0.05) is 19.1 Å². The van der Waals surface area contributed by atoms with Crippen LogP contribution in [0.3, 0.4) is 0 Å². The molecular formula is C12H10O3. The average Bonchev–Trinajstić information content (AvgIpc) is 2.29. The molecule has 0 atom stereocenters. The van der Waals surface area contributed by atoms with Crippen LogP contribution in [-0.2, 0) is 6.42 Å². The zero-order valence-corrected chi connectivity index (χ0v) is 8.32. The second kappa shape index (κ2) is 3.69. The van der Waals surface area contributed by atoms with E-state index < -0.39 is 0 Å². The number of carbonyl (C=O) groups excluding carboxylic acids is 1. The number of hydrogen-bond donors (Lipinski definition) is 0. The lowest BCUT2D eigenvalue weighted by Gasteiger charge is -2.02. The summed E-state index contributed by atoms with van der Waals surface area (Å²) in [6.07, 6.45) is 2.47. The van der Waals surface area contributed by atoms with Crippen LogP contribution in [0.15, 0.2) is 33.7 Å². The second-order valence-electron chi connectivity index (χ2n) is 3.28. The van der Waals surface area contributed by atoms with Gasteiger partial charge in [0.05, 0.1) is 10.9 Å². The number of rotatable bonds is 2. The van der Waals surface area contributed by atoms with Crippen LogP contribution in [0, 0.1) is 0 Å². The van der Waals surface area contributed by atoms with E-state index in [2.05, 4.69) is 0 Å². The normalized spacial score (nSPS) is 10.5. The third-order valence-electron chi connectivity index (χ3n) is 2.42. The molecule has 76 valence electrons. The highest BCUT2D eigenvalue weighted by Crippen LogP contribution is 2.16. The number of carbonyl (C=O) groups is 1. The number of aldehydes is 1. The molecule has 15 heavy (non-hydrogen) atoms. The molecule has 1 aromatic heterocycles. The molecule has 1 heterocycles. The molecule has 0 saturated heterocycles. The molecule has 0 N–H and O–H groups in total. The first-order chi connectivity index (χ1) is 7.27. The molecule has 0 radical (unpaired) electrons. The zero-order valence-electron chi connectivity index (χ0n) is 8.32. The van der Waals surface area contributed by atoms with E-state index in [1.54, 1.807) is 6.07 Å². The van der Waals surface area contributed by atoms with Crippen LogP contribution < -0.4 is 5.43 Å². The van der Waals surface area contributed by atoms with Gasteiger partial charge in [-0.15, -0.1) is 0 Å². The maximum Gasteiger partial charge on any atom is 0.203 e. The van der Waals surface area contributed by atoms with Gasteiger partial charge in [0.2, 0.25) is 5.43 Å². The van der Waals surface area contributed by atoms with E-state index in [9.17, 15) is 9.59 Å².